The van der Waals surface area contributed by atoms with Crippen molar-refractivity contribution in [2.45, 2.75) is 18.9 Å². The number of amides is 1. The molecule has 3 heterocycles. The molecule has 2 aliphatic heterocycles. The van der Waals surface area contributed by atoms with E-state index >= 15 is 0 Å². The molecule has 1 fully saturated rings. The normalized spacial score (nSPS) is 18.0. The lowest BCUT2D eigenvalue weighted by atomic mass is 9.94. The zero-order chi connectivity index (χ0) is 18.7. The van der Waals surface area contributed by atoms with E-state index in [9.17, 15) is 14.4 Å². The lowest BCUT2D eigenvalue weighted by molar-refractivity contribution is 0.0696. The third-order valence-electron chi connectivity index (χ3n) is 5.38. The highest BCUT2D eigenvalue weighted by atomic mass is 16.4. The molecule has 5 rings (SSSR count). The van der Waals surface area contributed by atoms with Crippen LogP contribution in [0.25, 0.3) is 22.3 Å². The second kappa shape index (κ2) is 5.51. The first-order chi connectivity index (χ1) is 13.0. The Morgan fingerprint density at radius 1 is 1.19 bits per heavy atom. The molecule has 1 unspecified atom stereocenters. The van der Waals surface area contributed by atoms with Gasteiger partial charge in [0.1, 0.15) is 5.69 Å². The molecule has 134 valence electrons. The first-order valence-corrected chi connectivity index (χ1v) is 8.76. The molecule has 27 heavy (non-hydrogen) atoms. The molecule has 0 radical (unpaired) electrons. The summed E-state index contributed by atoms with van der Waals surface area (Å²) in [6.07, 6.45) is 1.83. The van der Waals surface area contributed by atoms with Gasteiger partial charge in [0, 0.05) is 17.7 Å². The number of H-pyrrole nitrogens is 1. The minimum absolute atomic E-state index is 0.00465. The number of carbonyl (C=O) groups excluding carboxylic acids is 1. The molecular formula is C20H15N3O4. The maximum atomic E-state index is 12.7. The third-order valence-corrected chi connectivity index (χ3v) is 5.38. The Hall–Kier alpha value is -3.48. The molecule has 0 saturated carbocycles. The summed E-state index contributed by atoms with van der Waals surface area (Å²) in [4.78, 5) is 45.6. The number of carbonyl (C=O) groups is 2. The van der Waals surface area contributed by atoms with E-state index in [1.807, 2.05) is 11.0 Å². The fraction of sp³-hybridized carbons (Fsp3) is 0.200. The molecule has 0 bridgehead atoms. The fourth-order valence-electron chi connectivity index (χ4n) is 4.18. The van der Waals surface area contributed by atoms with E-state index in [-0.39, 0.29) is 23.2 Å². The molecule has 0 spiro atoms. The molecular weight excluding hydrogens is 346 g/mol. The summed E-state index contributed by atoms with van der Waals surface area (Å²) in [5.41, 5.74) is 2.99. The van der Waals surface area contributed by atoms with Gasteiger partial charge in [-0.25, -0.2) is 9.78 Å². The third kappa shape index (κ3) is 2.21. The van der Waals surface area contributed by atoms with Crippen molar-refractivity contribution in [3.05, 3.63) is 63.4 Å². The van der Waals surface area contributed by atoms with Gasteiger partial charge in [-0.15, -0.1) is 0 Å². The SMILES string of the molecule is O=C(O)c1ccc2nc(-c3cccc4c3C3CCCN3C4=O)c(=O)[nH]c2c1. The topological polar surface area (TPSA) is 103 Å². The zero-order valence-corrected chi connectivity index (χ0v) is 14.2. The van der Waals surface area contributed by atoms with Gasteiger partial charge in [-0.3, -0.25) is 9.59 Å². The van der Waals surface area contributed by atoms with Crippen molar-refractivity contribution in [3.8, 4) is 11.3 Å². The molecule has 0 aliphatic carbocycles. The molecule has 1 atom stereocenters. The number of aromatic nitrogens is 2. The maximum absolute atomic E-state index is 12.7. The summed E-state index contributed by atoms with van der Waals surface area (Å²) in [6, 6.07) is 9.82. The number of carboxylic acid groups (broad SMARTS) is 1. The average molecular weight is 361 g/mol. The summed E-state index contributed by atoms with van der Waals surface area (Å²) >= 11 is 0. The number of carboxylic acids is 1. The summed E-state index contributed by atoms with van der Waals surface area (Å²) in [5, 5.41) is 9.11. The number of hydrogen-bond donors (Lipinski definition) is 2. The first kappa shape index (κ1) is 15.7. The number of benzene rings is 2. The van der Waals surface area contributed by atoms with Gasteiger partial charge in [-0.05, 0) is 42.7 Å². The molecule has 1 amide bonds. The monoisotopic (exact) mass is 361 g/mol. The van der Waals surface area contributed by atoms with Gasteiger partial charge in [0.25, 0.3) is 11.5 Å². The number of nitrogens with one attached hydrogen (secondary N) is 1. The van der Waals surface area contributed by atoms with E-state index in [0.717, 1.165) is 24.9 Å². The predicted octanol–water partition coefficient (Wildman–Crippen LogP) is 2.58. The molecule has 3 aromatic rings. The van der Waals surface area contributed by atoms with Crippen LogP contribution in [0.4, 0.5) is 0 Å². The standard InChI is InChI=1S/C20H15N3O4/c24-18-17(21-13-7-6-10(20(26)27)9-14(13)22-18)11-3-1-4-12-16(11)15-5-2-8-23(15)19(12)25/h1,3-4,6-7,9,15H,2,5,8H2,(H,22,24)(H,26,27). The second-order valence-corrected chi connectivity index (χ2v) is 6.87. The van der Waals surface area contributed by atoms with E-state index in [0.29, 0.717) is 22.2 Å². The molecule has 2 aromatic carbocycles. The van der Waals surface area contributed by atoms with Gasteiger partial charge in [-0.2, -0.15) is 0 Å². The van der Waals surface area contributed by atoms with Gasteiger partial charge < -0.3 is 15.0 Å². The minimum atomic E-state index is -1.07. The Morgan fingerprint density at radius 3 is 2.81 bits per heavy atom. The number of nitrogens with zero attached hydrogens (tertiary/aromatic N) is 2. The summed E-state index contributed by atoms with van der Waals surface area (Å²) in [6.45, 7) is 0.733. The van der Waals surface area contributed by atoms with Crippen molar-refractivity contribution >= 4 is 22.9 Å². The van der Waals surface area contributed by atoms with Gasteiger partial charge in [0.05, 0.1) is 22.6 Å². The quantitative estimate of drug-likeness (QED) is 0.730. The zero-order valence-electron chi connectivity index (χ0n) is 14.2. The van der Waals surface area contributed by atoms with Crippen molar-refractivity contribution in [2.24, 2.45) is 0 Å². The smallest absolute Gasteiger partial charge is 0.335 e. The Balaban J connectivity index is 1.73. The van der Waals surface area contributed by atoms with Gasteiger partial charge in [0.15, 0.2) is 0 Å². The lowest BCUT2D eigenvalue weighted by Gasteiger charge is -2.16. The van der Waals surface area contributed by atoms with Crippen LogP contribution in [0, 0.1) is 0 Å². The Labute approximate surface area is 153 Å². The highest BCUT2D eigenvalue weighted by Crippen LogP contribution is 2.44. The van der Waals surface area contributed by atoms with Crippen LogP contribution in [0.5, 0.6) is 0 Å². The van der Waals surface area contributed by atoms with Gasteiger partial charge >= 0.3 is 5.97 Å². The van der Waals surface area contributed by atoms with Crippen molar-refractivity contribution in [2.75, 3.05) is 6.54 Å². The van der Waals surface area contributed by atoms with E-state index in [1.54, 1.807) is 18.2 Å². The number of fused-ring (bicyclic) bond motifs is 4. The average Bonchev–Trinajstić information content (AvgIpc) is 3.24. The van der Waals surface area contributed by atoms with Crippen LogP contribution in [-0.4, -0.2) is 38.4 Å². The molecule has 2 aliphatic rings. The number of aromatic carboxylic acids is 1. The van der Waals surface area contributed by atoms with E-state index in [2.05, 4.69) is 9.97 Å². The minimum Gasteiger partial charge on any atom is -0.478 e. The maximum Gasteiger partial charge on any atom is 0.335 e. The molecule has 2 N–H and O–H groups in total. The van der Waals surface area contributed by atoms with E-state index < -0.39 is 11.5 Å². The highest BCUT2D eigenvalue weighted by Gasteiger charge is 2.41. The number of hydrogen-bond acceptors (Lipinski definition) is 4. The van der Waals surface area contributed by atoms with Crippen LogP contribution in [0.2, 0.25) is 0 Å². The predicted molar refractivity (Wildman–Crippen MR) is 97.8 cm³/mol. The van der Waals surface area contributed by atoms with Crippen molar-refractivity contribution in [3.63, 3.8) is 0 Å². The summed E-state index contributed by atoms with van der Waals surface area (Å²) in [5.74, 6) is -1.06. The van der Waals surface area contributed by atoms with Crippen LogP contribution in [-0.2, 0) is 0 Å². The van der Waals surface area contributed by atoms with Crippen LogP contribution in [0.15, 0.2) is 41.2 Å². The molecule has 1 aromatic heterocycles. The van der Waals surface area contributed by atoms with Gasteiger partial charge in [-0.1, -0.05) is 12.1 Å². The van der Waals surface area contributed by atoms with Crippen molar-refractivity contribution < 1.29 is 14.7 Å². The van der Waals surface area contributed by atoms with Crippen molar-refractivity contribution in [1.29, 1.82) is 0 Å². The Kier molecular flexibility index (Phi) is 3.21. The number of rotatable bonds is 2. The molecule has 7 nitrogen and oxygen atoms in total. The second-order valence-electron chi connectivity index (χ2n) is 6.87. The van der Waals surface area contributed by atoms with Crippen LogP contribution in [0.1, 0.15) is 45.2 Å². The first-order valence-electron chi connectivity index (χ1n) is 8.76. The Morgan fingerprint density at radius 2 is 2.00 bits per heavy atom. The van der Waals surface area contributed by atoms with Crippen molar-refractivity contribution in [1.82, 2.24) is 14.9 Å². The van der Waals surface area contributed by atoms with Crippen LogP contribution >= 0.6 is 0 Å². The fourth-order valence-corrected chi connectivity index (χ4v) is 4.18. The van der Waals surface area contributed by atoms with Crippen LogP contribution < -0.4 is 5.56 Å². The van der Waals surface area contributed by atoms with Crippen LogP contribution in [0.3, 0.4) is 0 Å². The molecule has 7 heteroatoms. The summed E-state index contributed by atoms with van der Waals surface area (Å²) < 4.78 is 0. The van der Waals surface area contributed by atoms with Gasteiger partial charge in [0.2, 0.25) is 0 Å². The highest BCUT2D eigenvalue weighted by molar-refractivity contribution is 6.01. The molecule has 1 saturated heterocycles. The van der Waals surface area contributed by atoms with E-state index in [1.165, 1.54) is 12.1 Å². The lowest BCUT2D eigenvalue weighted by Crippen LogP contribution is -2.22. The van der Waals surface area contributed by atoms with E-state index in [4.69, 9.17) is 5.11 Å². The largest absolute Gasteiger partial charge is 0.478 e. The number of aromatic amines is 1. The Bertz CT molecular complexity index is 1200. The summed E-state index contributed by atoms with van der Waals surface area (Å²) in [7, 11) is 0.